The van der Waals surface area contributed by atoms with Crippen molar-refractivity contribution in [1.82, 2.24) is 10.6 Å². The molecule has 1 unspecified atom stereocenters. The van der Waals surface area contributed by atoms with Crippen molar-refractivity contribution in [2.75, 3.05) is 19.6 Å². The Bertz CT molecular complexity index is 554. The summed E-state index contributed by atoms with van der Waals surface area (Å²) in [6, 6.07) is 6.95. The second-order valence-corrected chi connectivity index (χ2v) is 7.53. The monoisotopic (exact) mass is 368 g/mol. The molecule has 2 N–H and O–H groups in total. The van der Waals surface area contributed by atoms with Crippen LogP contribution in [-0.2, 0) is 10.2 Å². The smallest absolute Gasteiger partial charge is 0.220 e. The zero-order chi connectivity index (χ0) is 16.8. The van der Waals surface area contributed by atoms with Crippen LogP contribution in [-0.4, -0.2) is 25.5 Å². The average Bonchev–Trinajstić information content (AvgIpc) is 3.12. The minimum atomic E-state index is -0.183. The predicted octanol–water partition coefficient (Wildman–Crippen LogP) is 3.96. The third-order valence-electron chi connectivity index (χ3n) is 5.81. The molecule has 1 aliphatic carbocycles. The van der Waals surface area contributed by atoms with Gasteiger partial charge in [0.15, 0.2) is 0 Å². The number of amides is 1. The molecule has 3 rings (SSSR count). The molecule has 1 amide bonds. The van der Waals surface area contributed by atoms with Crippen LogP contribution in [0, 0.1) is 11.7 Å². The number of carbonyl (C=O) groups is 1. The van der Waals surface area contributed by atoms with Crippen LogP contribution in [0.5, 0.6) is 0 Å². The molecule has 5 heteroatoms. The SMILES string of the molecule is Cl.O=C(CCC1CCNC1)NCC1(c2cccc(F)c2)CCCCC1. The number of hydrogen-bond acceptors (Lipinski definition) is 2. The number of rotatable bonds is 6. The van der Waals surface area contributed by atoms with E-state index in [1.807, 2.05) is 6.07 Å². The highest BCUT2D eigenvalue weighted by atomic mass is 35.5. The Balaban J connectivity index is 0.00000225. The van der Waals surface area contributed by atoms with Crippen LogP contribution in [0.3, 0.4) is 0 Å². The van der Waals surface area contributed by atoms with Crippen molar-refractivity contribution in [3.63, 3.8) is 0 Å². The van der Waals surface area contributed by atoms with Crippen molar-refractivity contribution in [2.45, 2.75) is 56.8 Å². The Morgan fingerprint density at radius 1 is 1.28 bits per heavy atom. The van der Waals surface area contributed by atoms with Gasteiger partial charge in [-0.1, -0.05) is 31.4 Å². The maximum Gasteiger partial charge on any atom is 0.220 e. The molecule has 140 valence electrons. The largest absolute Gasteiger partial charge is 0.355 e. The molecule has 0 aromatic heterocycles. The molecule has 1 heterocycles. The lowest BCUT2D eigenvalue weighted by atomic mass is 9.69. The van der Waals surface area contributed by atoms with Crippen LogP contribution in [0.2, 0.25) is 0 Å². The minimum Gasteiger partial charge on any atom is -0.355 e. The summed E-state index contributed by atoms with van der Waals surface area (Å²) in [5, 5.41) is 6.50. The lowest BCUT2D eigenvalue weighted by Gasteiger charge is -2.38. The van der Waals surface area contributed by atoms with E-state index >= 15 is 0 Å². The molecular weight excluding hydrogens is 339 g/mol. The third-order valence-corrected chi connectivity index (χ3v) is 5.81. The fourth-order valence-corrected chi connectivity index (χ4v) is 4.27. The van der Waals surface area contributed by atoms with Crippen LogP contribution in [0.25, 0.3) is 0 Å². The van der Waals surface area contributed by atoms with Crippen LogP contribution in [0.15, 0.2) is 24.3 Å². The van der Waals surface area contributed by atoms with Gasteiger partial charge in [-0.15, -0.1) is 12.4 Å². The summed E-state index contributed by atoms with van der Waals surface area (Å²) in [5.41, 5.74) is 0.952. The van der Waals surface area contributed by atoms with Gasteiger partial charge in [-0.3, -0.25) is 4.79 Å². The molecule has 0 spiro atoms. The van der Waals surface area contributed by atoms with E-state index in [9.17, 15) is 9.18 Å². The minimum absolute atomic E-state index is 0. The zero-order valence-electron chi connectivity index (χ0n) is 14.9. The van der Waals surface area contributed by atoms with Gasteiger partial charge < -0.3 is 10.6 Å². The van der Waals surface area contributed by atoms with E-state index in [1.54, 1.807) is 12.1 Å². The molecule has 1 atom stereocenters. The van der Waals surface area contributed by atoms with E-state index in [1.165, 1.54) is 18.9 Å². The van der Waals surface area contributed by atoms with E-state index < -0.39 is 0 Å². The molecule has 25 heavy (non-hydrogen) atoms. The molecule has 1 saturated carbocycles. The van der Waals surface area contributed by atoms with Crippen LogP contribution >= 0.6 is 12.4 Å². The normalized spacial score (nSPS) is 22.2. The Hall–Kier alpha value is -1.13. The number of carbonyl (C=O) groups excluding carboxylic acids is 1. The number of halogens is 2. The molecule has 0 radical (unpaired) electrons. The standard InChI is InChI=1S/C20H29FN2O.ClH/c21-18-6-4-5-17(13-18)20(10-2-1-3-11-20)15-23-19(24)8-7-16-9-12-22-14-16;/h4-6,13,16,22H,1-3,7-12,14-15H2,(H,23,24);1H. The lowest BCUT2D eigenvalue weighted by molar-refractivity contribution is -0.121. The van der Waals surface area contributed by atoms with Crippen molar-refractivity contribution in [2.24, 2.45) is 5.92 Å². The van der Waals surface area contributed by atoms with E-state index in [4.69, 9.17) is 0 Å². The van der Waals surface area contributed by atoms with Gasteiger partial charge in [-0.25, -0.2) is 4.39 Å². The summed E-state index contributed by atoms with van der Waals surface area (Å²) in [4.78, 5) is 12.3. The Morgan fingerprint density at radius 2 is 2.08 bits per heavy atom. The average molecular weight is 369 g/mol. The van der Waals surface area contributed by atoms with Gasteiger partial charge in [-0.05, 0) is 62.4 Å². The number of nitrogens with one attached hydrogen (secondary N) is 2. The predicted molar refractivity (Wildman–Crippen MR) is 102 cm³/mol. The van der Waals surface area contributed by atoms with Gasteiger partial charge in [0.2, 0.25) is 5.91 Å². The molecule has 0 bridgehead atoms. The van der Waals surface area contributed by atoms with E-state index in [2.05, 4.69) is 10.6 Å². The zero-order valence-corrected chi connectivity index (χ0v) is 15.7. The van der Waals surface area contributed by atoms with Crippen molar-refractivity contribution in [1.29, 1.82) is 0 Å². The van der Waals surface area contributed by atoms with Gasteiger partial charge in [0.25, 0.3) is 0 Å². The second kappa shape index (κ2) is 9.54. The van der Waals surface area contributed by atoms with Crippen LogP contribution in [0.1, 0.15) is 56.9 Å². The Kier molecular flexibility index (Phi) is 7.70. The van der Waals surface area contributed by atoms with Gasteiger partial charge in [-0.2, -0.15) is 0 Å². The topological polar surface area (TPSA) is 41.1 Å². The first-order chi connectivity index (χ1) is 11.7. The molecular formula is C20H30ClFN2O. The lowest BCUT2D eigenvalue weighted by Crippen LogP contribution is -2.42. The third kappa shape index (κ3) is 5.42. The summed E-state index contributed by atoms with van der Waals surface area (Å²) in [7, 11) is 0. The quantitative estimate of drug-likeness (QED) is 0.798. The molecule has 2 fully saturated rings. The van der Waals surface area contributed by atoms with Crippen molar-refractivity contribution >= 4 is 18.3 Å². The van der Waals surface area contributed by atoms with E-state index in [0.29, 0.717) is 18.9 Å². The van der Waals surface area contributed by atoms with Gasteiger partial charge in [0, 0.05) is 18.4 Å². The van der Waals surface area contributed by atoms with Crippen LogP contribution < -0.4 is 10.6 Å². The van der Waals surface area contributed by atoms with E-state index in [-0.39, 0.29) is 29.5 Å². The Morgan fingerprint density at radius 3 is 2.76 bits per heavy atom. The second-order valence-electron chi connectivity index (χ2n) is 7.53. The molecule has 1 aliphatic heterocycles. The molecule has 3 nitrogen and oxygen atoms in total. The summed E-state index contributed by atoms with van der Waals surface area (Å²) in [5.74, 6) is 0.600. The highest BCUT2D eigenvalue weighted by molar-refractivity contribution is 5.85. The first-order valence-electron chi connectivity index (χ1n) is 9.41. The molecule has 2 aliphatic rings. The van der Waals surface area contributed by atoms with Crippen molar-refractivity contribution in [3.8, 4) is 0 Å². The highest BCUT2D eigenvalue weighted by Crippen LogP contribution is 2.39. The van der Waals surface area contributed by atoms with Gasteiger partial charge >= 0.3 is 0 Å². The summed E-state index contributed by atoms with van der Waals surface area (Å²) >= 11 is 0. The van der Waals surface area contributed by atoms with Gasteiger partial charge in [0.1, 0.15) is 5.82 Å². The van der Waals surface area contributed by atoms with E-state index in [0.717, 1.165) is 50.8 Å². The first kappa shape index (κ1) is 20.2. The van der Waals surface area contributed by atoms with Gasteiger partial charge in [0.05, 0.1) is 0 Å². The fraction of sp³-hybridized carbons (Fsp3) is 0.650. The number of hydrogen-bond donors (Lipinski definition) is 2. The van der Waals surface area contributed by atoms with Crippen LogP contribution in [0.4, 0.5) is 4.39 Å². The number of benzene rings is 1. The van der Waals surface area contributed by atoms with Crippen molar-refractivity contribution < 1.29 is 9.18 Å². The molecule has 1 aromatic carbocycles. The summed E-state index contributed by atoms with van der Waals surface area (Å²) in [6.45, 7) is 2.76. The maximum atomic E-state index is 13.7. The first-order valence-corrected chi connectivity index (χ1v) is 9.41. The summed E-state index contributed by atoms with van der Waals surface area (Å²) < 4.78 is 13.7. The van der Waals surface area contributed by atoms with Crippen molar-refractivity contribution in [3.05, 3.63) is 35.6 Å². The fourth-order valence-electron chi connectivity index (χ4n) is 4.27. The molecule has 1 saturated heterocycles. The highest BCUT2D eigenvalue weighted by Gasteiger charge is 2.34. The Labute approximate surface area is 156 Å². The molecule has 1 aromatic rings. The summed E-state index contributed by atoms with van der Waals surface area (Å²) in [6.07, 6.45) is 8.35. The maximum absolute atomic E-state index is 13.7.